The molecule has 4 nitrogen and oxygen atoms in total. The highest BCUT2D eigenvalue weighted by molar-refractivity contribution is 7.13. The van der Waals surface area contributed by atoms with Gasteiger partial charge in [0.1, 0.15) is 10.8 Å². The minimum absolute atomic E-state index is 0.0505. The van der Waals surface area contributed by atoms with Crippen LogP contribution in [-0.4, -0.2) is 17.5 Å². The van der Waals surface area contributed by atoms with Gasteiger partial charge in [-0.2, -0.15) is 0 Å². The van der Waals surface area contributed by atoms with Gasteiger partial charge in [-0.05, 0) is 29.8 Å². The molecule has 0 bridgehead atoms. The predicted molar refractivity (Wildman–Crippen MR) is 126 cm³/mol. The van der Waals surface area contributed by atoms with Crippen molar-refractivity contribution in [3.05, 3.63) is 94.8 Å². The van der Waals surface area contributed by atoms with Crippen molar-refractivity contribution in [2.45, 2.75) is 13.0 Å². The second-order valence-electron chi connectivity index (χ2n) is 6.93. The number of halogens is 1. The number of nitrogens with zero attached hydrogens (tertiary/aromatic N) is 1. The Morgan fingerprint density at radius 3 is 2.42 bits per heavy atom. The van der Waals surface area contributed by atoms with Crippen molar-refractivity contribution in [1.82, 2.24) is 10.3 Å². The maximum atomic E-state index is 12.1. The molecule has 0 saturated carbocycles. The van der Waals surface area contributed by atoms with E-state index in [-0.39, 0.29) is 5.91 Å². The summed E-state index contributed by atoms with van der Waals surface area (Å²) in [6, 6.07) is 25.4. The van der Waals surface area contributed by atoms with E-state index in [9.17, 15) is 4.79 Å². The topological polar surface area (TPSA) is 51.2 Å². The van der Waals surface area contributed by atoms with Crippen molar-refractivity contribution in [3.8, 4) is 27.6 Å². The van der Waals surface area contributed by atoms with Gasteiger partial charge in [-0.3, -0.25) is 4.79 Å². The Bertz CT molecular complexity index is 1130. The van der Waals surface area contributed by atoms with Gasteiger partial charge in [0.05, 0.1) is 18.7 Å². The van der Waals surface area contributed by atoms with Gasteiger partial charge >= 0.3 is 0 Å². The van der Waals surface area contributed by atoms with Crippen molar-refractivity contribution in [2.24, 2.45) is 0 Å². The number of ether oxygens (including phenoxy) is 1. The van der Waals surface area contributed by atoms with Crippen LogP contribution < -0.4 is 10.1 Å². The number of rotatable bonds is 8. The van der Waals surface area contributed by atoms with Crippen LogP contribution in [0, 0.1) is 0 Å². The van der Waals surface area contributed by atoms with Crippen molar-refractivity contribution in [2.75, 3.05) is 6.61 Å². The van der Waals surface area contributed by atoms with E-state index in [1.807, 2.05) is 42.5 Å². The molecule has 156 valence electrons. The fourth-order valence-electron chi connectivity index (χ4n) is 2.99. The van der Waals surface area contributed by atoms with Crippen molar-refractivity contribution in [3.63, 3.8) is 0 Å². The largest absolute Gasteiger partial charge is 0.493 e. The Morgan fingerprint density at radius 2 is 1.68 bits per heavy atom. The Morgan fingerprint density at radius 1 is 0.935 bits per heavy atom. The second kappa shape index (κ2) is 10.2. The maximum Gasteiger partial charge on any atom is 0.223 e. The summed E-state index contributed by atoms with van der Waals surface area (Å²) in [7, 11) is 0. The Balaban J connectivity index is 1.25. The number of benzene rings is 3. The minimum atomic E-state index is -0.0505. The lowest BCUT2D eigenvalue weighted by molar-refractivity contribution is -0.121. The van der Waals surface area contributed by atoms with Crippen LogP contribution in [-0.2, 0) is 11.3 Å². The van der Waals surface area contributed by atoms with Gasteiger partial charge in [0, 0.05) is 28.1 Å². The molecule has 0 radical (unpaired) electrons. The fraction of sp³-hybridized carbons (Fsp3) is 0.120. The molecule has 4 aromatic rings. The van der Waals surface area contributed by atoms with Crippen LogP contribution in [0.4, 0.5) is 0 Å². The van der Waals surface area contributed by atoms with Gasteiger partial charge in [-0.25, -0.2) is 4.98 Å². The Labute approximate surface area is 190 Å². The van der Waals surface area contributed by atoms with Crippen LogP contribution >= 0.6 is 22.9 Å². The van der Waals surface area contributed by atoms with Crippen molar-refractivity contribution >= 4 is 28.8 Å². The first-order chi connectivity index (χ1) is 15.2. The average molecular weight is 449 g/mol. The molecule has 0 unspecified atom stereocenters. The van der Waals surface area contributed by atoms with Gasteiger partial charge in [0.25, 0.3) is 0 Å². The van der Waals surface area contributed by atoms with E-state index in [1.54, 1.807) is 35.6 Å². The molecular formula is C25H21ClN2O2S. The summed E-state index contributed by atoms with van der Waals surface area (Å²) >= 11 is 7.47. The number of thiazole rings is 1. The van der Waals surface area contributed by atoms with Crippen LogP contribution in [0.25, 0.3) is 21.8 Å². The van der Waals surface area contributed by atoms with E-state index in [1.165, 1.54) is 0 Å². The van der Waals surface area contributed by atoms with E-state index in [2.05, 4.69) is 22.8 Å². The normalized spacial score (nSPS) is 10.6. The van der Waals surface area contributed by atoms with Gasteiger partial charge in [0.2, 0.25) is 5.91 Å². The van der Waals surface area contributed by atoms with Crippen LogP contribution in [0.15, 0.2) is 84.2 Å². The molecule has 6 heteroatoms. The standard InChI is InChI=1S/C25H21ClN2O2S/c26-21-10-12-22(13-11-21)30-15-14-24(29)27-16-18-6-8-20(9-7-18)25-28-23(17-31-25)19-4-2-1-3-5-19/h1-13,17H,14-16H2,(H,27,29). The molecule has 3 aromatic carbocycles. The highest BCUT2D eigenvalue weighted by atomic mass is 35.5. The van der Waals surface area contributed by atoms with E-state index in [4.69, 9.17) is 21.3 Å². The van der Waals surface area contributed by atoms with E-state index < -0.39 is 0 Å². The zero-order chi connectivity index (χ0) is 21.5. The fourth-order valence-corrected chi connectivity index (χ4v) is 3.96. The Kier molecular flexibility index (Phi) is 6.97. The molecule has 1 N–H and O–H groups in total. The van der Waals surface area contributed by atoms with Crippen LogP contribution in [0.5, 0.6) is 5.75 Å². The van der Waals surface area contributed by atoms with E-state index in [0.29, 0.717) is 30.3 Å². The SMILES string of the molecule is O=C(CCOc1ccc(Cl)cc1)NCc1ccc(-c2nc(-c3ccccc3)cs2)cc1. The zero-order valence-corrected chi connectivity index (χ0v) is 18.3. The number of carbonyl (C=O) groups excluding carboxylic acids is 1. The smallest absolute Gasteiger partial charge is 0.223 e. The molecule has 4 rings (SSSR count). The number of hydrogen-bond donors (Lipinski definition) is 1. The zero-order valence-electron chi connectivity index (χ0n) is 16.8. The molecule has 0 aliphatic carbocycles. The lowest BCUT2D eigenvalue weighted by atomic mass is 10.1. The number of amides is 1. The predicted octanol–water partition coefficient (Wildman–Crippen LogP) is 6.22. The molecule has 1 amide bonds. The first-order valence-corrected chi connectivity index (χ1v) is 11.2. The first kappa shape index (κ1) is 21.1. The first-order valence-electron chi connectivity index (χ1n) is 9.93. The number of aromatic nitrogens is 1. The third-order valence-corrected chi connectivity index (χ3v) is 5.82. The number of hydrogen-bond acceptors (Lipinski definition) is 4. The van der Waals surface area contributed by atoms with Gasteiger partial charge in [-0.15, -0.1) is 11.3 Å². The molecule has 0 aliphatic heterocycles. The van der Waals surface area contributed by atoms with Crippen LogP contribution in [0.1, 0.15) is 12.0 Å². The summed E-state index contributed by atoms with van der Waals surface area (Å²) in [5.74, 6) is 0.649. The molecule has 0 spiro atoms. The van der Waals surface area contributed by atoms with Crippen LogP contribution in [0.3, 0.4) is 0 Å². The van der Waals surface area contributed by atoms with Crippen molar-refractivity contribution < 1.29 is 9.53 Å². The van der Waals surface area contributed by atoms with Crippen molar-refractivity contribution in [1.29, 1.82) is 0 Å². The molecule has 0 fully saturated rings. The summed E-state index contributed by atoms with van der Waals surface area (Å²) in [6.07, 6.45) is 0.294. The lowest BCUT2D eigenvalue weighted by Gasteiger charge is -2.08. The molecule has 0 saturated heterocycles. The quantitative estimate of drug-likeness (QED) is 0.348. The molecule has 1 aromatic heterocycles. The summed E-state index contributed by atoms with van der Waals surface area (Å²) in [4.78, 5) is 16.8. The number of nitrogens with one attached hydrogen (secondary N) is 1. The van der Waals surface area contributed by atoms with Gasteiger partial charge in [-0.1, -0.05) is 66.2 Å². The summed E-state index contributed by atoms with van der Waals surface area (Å²) in [5, 5.41) is 6.64. The third-order valence-electron chi connectivity index (χ3n) is 4.68. The monoisotopic (exact) mass is 448 g/mol. The van der Waals surface area contributed by atoms with Gasteiger partial charge < -0.3 is 10.1 Å². The minimum Gasteiger partial charge on any atom is -0.493 e. The summed E-state index contributed by atoms with van der Waals surface area (Å²) in [6.45, 7) is 0.799. The average Bonchev–Trinajstić information content (AvgIpc) is 3.30. The third kappa shape index (κ3) is 5.94. The van der Waals surface area contributed by atoms with Crippen LogP contribution in [0.2, 0.25) is 5.02 Å². The van der Waals surface area contributed by atoms with Gasteiger partial charge in [0.15, 0.2) is 0 Å². The highest BCUT2D eigenvalue weighted by Crippen LogP contribution is 2.28. The molecular weight excluding hydrogens is 428 g/mol. The highest BCUT2D eigenvalue weighted by Gasteiger charge is 2.07. The second-order valence-corrected chi connectivity index (χ2v) is 8.22. The Hall–Kier alpha value is -3.15. The molecule has 1 heterocycles. The summed E-state index contributed by atoms with van der Waals surface area (Å²) in [5.41, 5.74) is 4.20. The number of carbonyl (C=O) groups is 1. The molecule has 0 atom stereocenters. The maximum absolute atomic E-state index is 12.1. The summed E-state index contributed by atoms with van der Waals surface area (Å²) < 4.78 is 5.56. The van der Waals surface area contributed by atoms with E-state index in [0.717, 1.165) is 27.4 Å². The lowest BCUT2D eigenvalue weighted by Crippen LogP contribution is -2.24. The molecule has 31 heavy (non-hydrogen) atoms. The van der Waals surface area contributed by atoms with E-state index >= 15 is 0 Å². The molecule has 0 aliphatic rings.